The zero-order chi connectivity index (χ0) is 17.8. The molecule has 0 bridgehead atoms. The summed E-state index contributed by atoms with van der Waals surface area (Å²) in [5.74, 6) is 2.50. The first kappa shape index (κ1) is 18.0. The van der Waals surface area contributed by atoms with E-state index in [4.69, 9.17) is 0 Å². The first-order valence-electron chi connectivity index (χ1n) is 9.10. The van der Waals surface area contributed by atoms with Gasteiger partial charge in [0.05, 0.1) is 6.54 Å². The Balaban J connectivity index is 1.60. The van der Waals surface area contributed by atoms with Gasteiger partial charge < -0.3 is 9.47 Å². The monoisotopic (exact) mass is 345 g/mol. The van der Waals surface area contributed by atoms with Gasteiger partial charge in [-0.3, -0.25) is 4.90 Å². The lowest BCUT2D eigenvalue weighted by Crippen LogP contribution is -2.33. The minimum absolute atomic E-state index is 0.171. The Morgan fingerprint density at radius 2 is 1.80 bits per heavy atom. The average Bonchev–Trinajstić information content (AvgIpc) is 2.99. The fourth-order valence-corrected chi connectivity index (χ4v) is 3.59. The van der Waals surface area contributed by atoms with Crippen LogP contribution in [0.4, 0.5) is 4.39 Å². The molecule has 0 amide bonds. The van der Waals surface area contributed by atoms with Crippen LogP contribution < -0.4 is 0 Å². The Morgan fingerprint density at radius 3 is 2.40 bits per heavy atom. The summed E-state index contributed by atoms with van der Waals surface area (Å²) < 4.78 is 15.3. The molecule has 3 rings (SSSR count). The molecule has 2 aromatic rings. The Labute approximate surface area is 149 Å². The molecule has 0 saturated carbocycles. The van der Waals surface area contributed by atoms with E-state index in [-0.39, 0.29) is 5.82 Å². The maximum absolute atomic E-state index is 13.0. The zero-order valence-corrected chi connectivity index (χ0v) is 15.5. The number of benzene rings is 1. The van der Waals surface area contributed by atoms with E-state index in [1.165, 1.54) is 17.7 Å². The van der Waals surface area contributed by atoms with E-state index in [1.807, 2.05) is 12.1 Å². The molecule has 1 fully saturated rings. The molecule has 0 aliphatic carbocycles. The van der Waals surface area contributed by atoms with Gasteiger partial charge in [-0.15, -0.1) is 10.2 Å². The van der Waals surface area contributed by atoms with Crippen LogP contribution >= 0.6 is 0 Å². The first-order valence-corrected chi connectivity index (χ1v) is 9.10. The minimum Gasteiger partial charge on any atom is -0.314 e. The summed E-state index contributed by atoms with van der Waals surface area (Å²) in [6, 6.07) is 6.83. The number of halogens is 1. The van der Waals surface area contributed by atoms with E-state index in [1.54, 1.807) is 0 Å². The Kier molecular flexibility index (Phi) is 5.81. The van der Waals surface area contributed by atoms with E-state index >= 15 is 0 Å². The van der Waals surface area contributed by atoms with E-state index in [9.17, 15) is 4.39 Å². The molecule has 5 nitrogen and oxygen atoms in total. The highest BCUT2D eigenvalue weighted by atomic mass is 19.1. The minimum atomic E-state index is -0.171. The molecule has 1 aromatic carbocycles. The molecule has 1 aliphatic heterocycles. The molecule has 0 atom stereocenters. The second kappa shape index (κ2) is 8.06. The van der Waals surface area contributed by atoms with Gasteiger partial charge in [-0.1, -0.05) is 12.1 Å². The van der Waals surface area contributed by atoms with E-state index in [0.717, 1.165) is 57.2 Å². The molecule has 2 heterocycles. The van der Waals surface area contributed by atoms with Gasteiger partial charge in [0, 0.05) is 19.0 Å². The van der Waals surface area contributed by atoms with Crippen LogP contribution in [-0.2, 0) is 19.6 Å². The number of piperidine rings is 1. The van der Waals surface area contributed by atoms with Crippen LogP contribution in [0.25, 0.3) is 0 Å². The van der Waals surface area contributed by atoms with Gasteiger partial charge in [-0.2, -0.15) is 0 Å². The molecular formula is C19H28FN5. The fraction of sp³-hybridized carbons (Fsp3) is 0.579. The number of likely N-dealkylation sites (tertiary alicyclic amines) is 1. The van der Waals surface area contributed by atoms with Crippen molar-refractivity contribution >= 4 is 0 Å². The molecule has 0 spiro atoms. The number of aromatic nitrogens is 3. The Hall–Kier alpha value is -1.79. The summed E-state index contributed by atoms with van der Waals surface area (Å²) in [6.45, 7) is 6.88. The van der Waals surface area contributed by atoms with Crippen molar-refractivity contribution in [3.8, 4) is 0 Å². The number of rotatable bonds is 6. The third-order valence-corrected chi connectivity index (χ3v) is 4.90. The van der Waals surface area contributed by atoms with E-state index in [2.05, 4.69) is 45.6 Å². The lowest BCUT2D eigenvalue weighted by atomic mass is 9.95. The van der Waals surface area contributed by atoms with Crippen molar-refractivity contribution in [2.75, 3.05) is 27.2 Å². The normalized spacial score (nSPS) is 16.7. The molecule has 0 N–H and O–H groups in total. The van der Waals surface area contributed by atoms with E-state index in [0.29, 0.717) is 5.92 Å². The van der Waals surface area contributed by atoms with Gasteiger partial charge >= 0.3 is 0 Å². The predicted octanol–water partition coefficient (Wildman–Crippen LogP) is 2.88. The summed E-state index contributed by atoms with van der Waals surface area (Å²) >= 11 is 0. The van der Waals surface area contributed by atoms with Gasteiger partial charge in [-0.25, -0.2) is 4.39 Å². The number of hydrogen-bond acceptors (Lipinski definition) is 4. The van der Waals surface area contributed by atoms with Crippen molar-refractivity contribution < 1.29 is 4.39 Å². The van der Waals surface area contributed by atoms with Gasteiger partial charge in [0.2, 0.25) is 0 Å². The third kappa shape index (κ3) is 4.44. The Bertz CT molecular complexity index is 672. The van der Waals surface area contributed by atoms with Crippen LogP contribution in [0, 0.1) is 5.82 Å². The summed E-state index contributed by atoms with van der Waals surface area (Å²) in [6.07, 6.45) is 2.20. The maximum atomic E-state index is 13.0. The van der Waals surface area contributed by atoms with Gasteiger partial charge in [0.25, 0.3) is 0 Å². The first-order chi connectivity index (χ1) is 12.1. The summed E-state index contributed by atoms with van der Waals surface area (Å²) in [5, 5.41) is 8.93. The van der Waals surface area contributed by atoms with Crippen LogP contribution in [0.2, 0.25) is 0 Å². The molecule has 136 valence electrons. The topological polar surface area (TPSA) is 37.2 Å². The smallest absolute Gasteiger partial charge is 0.147 e. The maximum Gasteiger partial charge on any atom is 0.147 e. The van der Waals surface area contributed by atoms with Crippen LogP contribution in [-0.4, -0.2) is 51.7 Å². The van der Waals surface area contributed by atoms with Crippen molar-refractivity contribution in [1.82, 2.24) is 24.6 Å². The fourth-order valence-electron chi connectivity index (χ4n) is 3.59. The summed E-state index contributed by atoms with van der Waals surface area (Å²) in [5.41, 5.74) is 1.17. The van der Waals surface area contributed by atoms with Crippen molar-refractivity contribution in [1.29, 1.82) is 0 Å². The average molecular weight is 345 g/mol. The second-order valence-electron chi connectivity index (χ2n) is 7.13. The zero-order valence-electron chi connectivity index (χ0n) is 15.5. The molecule has 6 heteroatoms. The standard InChI is InChI=1S/C19H28FN5/c1-4-25-18(14-23(2)3)21-22-19(25)16-9-11-24(12-10-16)13-15-5-7-17(20)8-6-15/h5-8,16H,4,9-14H2,1-3H3. The lowest BCUT2D eigenvalue weighted by Gasteiger charge is -2.31. The van der Waals surface area contributed by atoms with Crippen LogP contribution in [0.5, 0.6) is 0 Å². The second-order valence-corrected chi connectivity index (χ2v) is 7.13. The lowest BCUT2D eigenvalue weighted by molar-refractivity contribution is 0.200. The quantitative estimate of drug-likeness (QED) is 0.807. The molecule has 1 aromatic heterocycles. The van der Waals surface area contributed by atoms with Crippen molar-refractivity contribution in [3.63, 3.8) is 0 Å². The van der Waals surface area contributed by atoms with Crippen LogP contribution in [0.15, 0.2) is 24.3 Å². The molecule has 0 radical (unpaired) electrons. The summed E-state index contributed by atoms with van der Waals surface area (Å²) in [7, 11) is 4.12. The SMILES string of the molecule is CCn1c(CN(C)C)nnc1C1CCN(Cc2ccc(F)cc2)CC1. The summed E-state index contributed by atoms with van der Waals surface area (Å²) in [4.78, 5) is 4.57. The van der Waals surface area contributed by atoms with Gasteiger partial charge in [0.15, 0.2) is 0 Å². The van der Waals surface area contributed by atoms with Crippen molar-refractivity contribution in [3.05, 3.63) is 47.3 Å². The van der Waals surface area contributed by atoms with E-state index < -0.39 is 0 Å². The molecule has 1 saturated heterocycles. The van der Waals surface area contributed by atoms with Crippen molar-refractivity contribution in [2.45, 2.75) is 45.3 Å². The van der Waals surface area contributed by atoms with Crippen molar-refractivity contribution in [2.24, 2.45) is 0 Å². The highest BCUT2D eigenvalue weighted by molar-refractivity contribution is 5.16. The highest BCUT2D eigenvalue weighted by Crippen LogP contribution is 2.28. The van der Waals surface area contributed by atoms with Crippen LogP contribution in [0.3, 0.4) is 0 Å². The molecular weight excluding hydrogens is 317 g/mol. The molecule has 1 aliphatic rings. The molecule has 0 unspecified atom stereocenters. The van der Waals surface area contributed by atoms with Gasteiger partial charge in [-0.05, 0) is 64.6 Å². The number of nitrogens with zero attached hydrogens (tertiary/aromatic N) is 5. The highest BCUT2D eigenvalue weighted by Gasteiger charge is 2.25. The largest absolute Gasteiger partial charge is 0.314 e. The Morgan fingerprint density at radius 1 is 1.12 bits per heavy atom. The molecule has 25 heavy (non-hydrogen) atoms. The van der Waals surface area contributed by atoms with Gasteiger partial charge in [0.1, 0.15) is 17.5 Å². The van der Waals surface area contributed by atoms with Crippen LogP contribution in [0.1, 0.15) is 42.9 Å². The predicted molar refractivity (Wildman–Crippen MR) is 96.7 cm³/mol. The third-order valence-electron chi connectivity index (χ3n) is 4.90. The number of hydrogen-bond donors (Lipinski definition) is 0.